The molecular formula is C12H11CrNO5. The van der Waals surface area contributed by atoms with E-state index in [2.05, 4.69) is 20.0 Å². The minimum Gasteiger partial charge on any atom is 0 e. The number of amides is 1. The van der Waals surface area contributed by atoms with Crippen LogP contribution in [0.25, 0.3) is 0 Å². The van der Waals surface area contributed by atoms with Crippen molar-refractivity contribution in [3.8, 4) is 0 Å². The molecule has 0 aromatic carbocycles. The van der Waals surface area contributed by atoms with Gasteiger partial charge in [-0.2, -0.15) is 0 Å². The van der Waals surface area contributed by atoms with Crippen LogP contribution in [0.2, 0.25) is 0 Å². The van der Waals surface area contributed by atoms with E-state index in [9.17, 15) is 4.79 Å². The van der Waals surface area contributed by atoms with Gasteiger partial charge in [0.2, 0.25) is 0 Å². The minimum atomic E-state index is -0.353. The average Bonchev–Trinajstić information content (AvgIpc) is 2.75. The fourth-order valence-corrected chi connectivity index (χ4v) is 0.783. The SMILES string of the molecule is CCOC(=O)N1C=CC=CC=C1.[C-]#[O+].[C-]#[O+].[C-]#[O+].[Cr]. The summed E-state index contributed by atoms with van der Waals surface area (Å²) in [6, 6.07) is 0. The van der Waals surface area contributed by atoms with Crippen molar-refractivity contribution in [2.24, 2.45) is 0 Å². The third-order valence-electron chi connectivity index (χ3n) is 1.31. The zero-order valence-corrected chi connectivity index (χ0v) is 11.3. The van der Waals surface area contributed by atoms with Crippen LogP contribution in [0.1, 0.15) is 6.92 Å². The summed E-state index contributed by atoms with van der Waals surface area (Å²) in [5, 5.41) is 0. The van der Waals surface area contributed by atoms with E-state index in [-0.39, 0.29) is 23.5 Å². The van der Waals surface area contributed by atoms with Gasteiger partial charge in [-0.25, -0.2) is 4.79 Å². The molecule has 0 unspecified atom stereocenters. The summed E-state index contributed by atoms with van der Waals surface area (Å²) in [6.07, 6.45) is 10.2. The molecular weight excluding hydrogens is 290 g/mol. The van der Waals surface area contributed by atoms with E-state index in [1.165, 1.54) is 4.90 Å². The molecule has 7 heteroatoms. The first-order valence-corrected chi connectivity index (χ1v) is 4.42. The number of carbonyl (C=O) groups is 1. The van der Waals surface area contributed by atoms with Crippen LogP contribution in [-0.2, 0) is 36.1 Å². The predicted molar refractivity (Wildman–Crippen MR) is 58.1 cm³/mol. The number of nitrogens with zero attached hydrogens (tertiary/aromatic N) is 1. The molecule has 1 rings (SSSR count). The topological polar surface area (TPSA) is 89.2 Å². The molecule has 0 radical (unpaired) electrons. The van der Waals surface area contributed by atoms with Crippen molar-refractivity contribution < 1.29 is 40.8 Å². The van der Waals surface area contributed by atoms with Crippen molar-refractivity contribution in [1.82, 2.24) is 4.90 Å². The van der Waals surface area contributed by atoms with E-state index >= 15 is 0 Å². The van der Waals surface area contributed by atoms with Crippen LogP contribution in [0.4, 0.5) is 4.79 Å². The molecule has 0 atom stereocenters. The van der Waals surface area contributed by atoms with E-state index in [1.807, 2.05) is 12.2 Å². The number of hydrogen-bond donors (Lipinski definition) is 0. The minimum absolute atomic E-state index is 0. The van der Waals surface area contributed by atoms with Crippen LogP contribution >= 0.6 is 0 Å². The van der Waals surface area contributed by atoms with Crippen molar-refractivity contribution in [2.75, 3.05) is 6.61 Å². The molecule has 0 saturated carbocycles. The van der Waals surface area contributed by atoms with E-state index < -0.39 is 0 Å². The zero-order valence-electron chi connectivity index (χ0n) is 10.1. The van der Waals surface area contributed by atoms with Crippen LogP contribution in [0, 0.1) is 20.0 Å². The van der Waals surface area contributed by atoms with Crippen molar-refractivity contribution in [3.05, 3.63) is 56.7 Å². The average molecular weight is 301 g/mol. The van der Waals surface area contributed by atoms with E-state index in [0.29, 0.717) is 6.61 Å². The van der Waals surface area contributed by atoms with Crippen molar-refractivity contribution in [1.29, 1.82) is 0 Å². The van der Waals surface area contributed by atoms with Gasteiger partial charge in [0, 0.05) is 29.8 Å². The summed E-state index contributed by atoms with van der Waals surface area (Å²) in [5.41, 5.74) is 0. The Kier molecular flexibility index (Phi) is 34.4. The maximum Gasteiger partial charge on any atom is 0 e. The first-order valence-electron chi connectivity index (χ1n) is 4.42. The van der Waals surface area contributed by atoms with E-state index in [0.717, 1.165) is 0 Å². The van der Waals surface area contributed by atoms with Gasteiger partial charge in [-0.05, 0) is 19.1 Å². The van der Waals surface area contributed by atoms with Gasteiger partial charge in [-0.15, -0.1) is 0 Å². The Bertz CT molecular complexity index is 325. The van der Waals surface area contributed by atoms with Gasteiger partial charge in [-0.1, -0.05) is 12.2 Å². The quantitative estimate of drug-likeness (QED) is 0.547. The second-order valence-corrected chi connectivity index (χ2v) is 2.17. The zero-order chi connectivity index (χ0) is 14.8. The summed E-state index contributed by atoms with van der Waals surface area (Å²) >= 11 is 0. The predicted octanol–water partition coefficient (Wildman–Crippen LogP) is 1.93. The largest absolute Gasteiger partial charge is 0 e. The summed E-state index contributed by atoms with van der Waals surface area (Å²) in [7, 11) is 0. The maximum absolute atomic E-state index is 11.1. The van der Waals surface area contributed by atoms with Crippen LogP contribution in [0.5, 0.6) is 0 Å². The van der Waals surface area contributed by atoms with Crippen LogP contribution in [0.15, 0.2) is 36.7 Å². The molecule has 1 aliphatic rings. The monoisotopic (exact) mass is 301 g/mol. The van der Waals surface area contributed by atoms with Gasteiger partial charge in [0.15, 0.2) is 0 Å². The summed E-state index contributed by atoms with van der Waals surface area (Å²) in [5.74, 6) is 0. The van der Waals surface area contributed by atoms with Crippen LogP contribution in [-0.4, -0.2) is 17.6 Å². The number of ether oxygens (including phenoxy) is 1. The van der Waals surface area contributed by atoms with Crippen molar-refractivity contribution >= 4 is 6.09 Å². The molecule has 19 heavy (non-hydrogen) atoms. The molecule has 6 nitrogen and oxygen atoms in total. The Labute approximate surface area is 122 Å². The van der Waals surface area contributed by atoms with Crippen molar-refractivity contribution in [3.63, 3.8) is 0 Å². The molecule has 1 amide bonds. The number of rotatable bonds is 1. The standard InChI is InChI=1S/C9H11NO2.3CO.Cr/c1-2-12-9(11)10-7-5-3-4-6-8-10;3*1-2;/h3-8H,2H2,1H3;;;;. The Morgan fingerprint density at radius 2 is 1.37 bits per heavy atom. The van der Waals surface area contributed by atoms with Gasteiger partial charge < -0.3 is 4.74 Å². The summed E-state index contributed by atoms with van der Waals surface area (Å²) in [6.45, 7) is 15.7. The van der Waals surface area contributed by atoms with E-state index in [4.69, 9.17) is 18.7 Å². The Morgan fingerprint density at radius 3 is 1.68 bits per heavy atom. The Hall–Kier alpha value is -1.76. The molecule has 0 aromatic rings. The molecule has 0 aliphatic carbocycles. The van der Waals surface area contributed by atoms with Crippen molar-refractivity contribution in [2.45, 2.75) is 6.92 Å². The van der Waals surface area contributed by atoms with Gasteiger partial charge >= 0.3 is 40.0 Å². The fourth-order valence-electron chi connectivity index (χ4n) is 0.783. The first kappa shape index (κ1) is 25.9. The third-order valence-corrected chi connectivity index (χ3v) is 1.31. The normalized spacial score (nSPS) is 9.53. The molecule has 0 aromatic heterocycles. The van der Waals surface area contributed by atoms with Gasteiger partial charge in [0.05, 0.1) is 6.61 Å². The summed E-state index contributed by atoms with van der Waals surface area (Å²) < 4.78 is 27.3. The molecule has 1 heterocycles. The smallest absolute Gasteiger partial charge is 0 e. The molecule has 1 aliphatic heterocycles. The molecule has 0 N–H and O–H groups in total. The molecule has 0 bridgehead atoms. The molecule has 0 fully saturated rings. The fraction of sp³-hybridized carbons (Fsp3) is 0.167. The van der Waals surface area contributed by atoms with Crippen LogP contribution < -0.4 is 0 Å². The van der Waals surface area contributed by atoms with Gasteiger partial charge in [0.1, 0.15) is 0 Å². The second-order valence-electron chi connectivity index (χ2n) is 2.17. The molecule has 0 spiro atoms. The number of allylic oxidation sites excluding steroid dienone is 4. The Balaban J connectivity index is -0.000000142. The van der Waals surface area contributed by atoms with Crippen LogP contribution in [0.3, 0.4) is 0 Å². The summed E-state index contributed by atoms with van der Waals surface area (Å²) in [4.78, 5) is 12.5. The second kappa shape index (κ2) is 25.2. The maximum atomic E-state index is 11.1. The molecule has 0 saturated heterocycles. The number of carbonyl (C=O) groups excluding carboxylic acids is 1. The number of hydrogen-bond acceptors (Lipinski definition) is 2. The van der Waals surface area contributed by atoms with Gasteiger partial charge in [-0.3, -0.25) is 4.90 Å². The Morgan fingerprint density at radius 1 is 1.00 bits per heavy atom. The van der Waals surface area contributed by atoms with Gasteiger partial charge in [0.25, 0.3) is 0 Å². The third kappa shape index (κ3) is 16.2. The van der Waals surface area contributed by atoms with E-state index in [1.54, 1.807) is 31.5 Å². The molecule has 100 valence electrons. The first-order chi connectivity index (χ1) is 8.84.